The van der Waals surface area contributed by atoms with E-state index in [-0.39, 0.29) is 5.91 Å². The van der Waals surface area contributed by atoms with Gasteiger partial charge in [0.1, 0.15) is 18.9 Å². The minimum absolute atomic E-state index is 0.127. The molecule has 3 N–H and O–H groups in total. The Morgan fingerprint density at radius 3 is 2.42 bits per heavy atom. The largest absolute Gasteiger partial charge is 0.351 e. The zero-order valence-corrected chi connectivity index (χ0v) is 15.0. The Bertz CT molecular complexity index is 840. The second-order valence-electron chi connectivity index (χ2n) is 6.58. The Labute approximate surface area is 154 Å². The number of amides is 1. The molecule has 0 unspecified atom stereocenters. The number of aromatic nitrogens is 2. The maximum Gasteiger partial charge on any atom is 0.243 e. The molecule has 0 aliphatic rings. The van der Waals surface area contributed by atoms with Crippen molar-refractivity contribution in [3.8, 4) is 0 Å². The average Bonchev–Trinajstić information content (AvgIpc) is 3.06. The highest BCUT2D eigenvalue weighted by molar-refractivity contribution is 5.81. The van der Waals surface area contributed by atoms with Crippen molar-refractivity contribution in [2.75, 3.05) is 0 Å². The summed E-state index contributed by atoms with van der Waals surface area (Å²) in [6, 6.07) is 17.6. The van der Waals surface area contributed by atoms with Crippen LogP contribution in [0.1, 0.15) is 16.7 Å². The highest BCUT2D eigenvalue weighted by Crippen LogP contribution is 2.07. The molecule has 0 bridgehead atoms. The molecule has 2 aromatic carbocycles. The number of benzene rings is 2. The monoisotopic (exact) mass is 349 g/mol. The summed E-state index contributed by atoms with van der Waals surface area (Å²) in [6.07, 6.45) is 6.65. The van der Waals surface area contributed by atoms with E-state index in [0.29, 0.717) is 13.0 Å². The van der Waals surface area contributed by atoms with Crippen LogP contribution >= 0.6 is 0 Å². The van der Waals surface area contributed by atoms with E-state index in [0.717, 1.165) is 17.7 Å². The van der Waals surface area contributed by atoms with Crippen molar-refractivity contribution in [2.45, 2.75) is 25.6 Å². The zero-order chi connectivity index (χ0) is 18.4. The topological polar surface area (TPSA) is 63.9 Å². The standard InChI is InChI=1S/C21H24N4O/c1-24-11-12-25(16-24)15-19-9-7-18(8-10-19)14-23-21(26)20(22)13-17-5-3-2-4-6-17/h2-12,16,20H,13-15,22H2,1H3/p+1/t20-/m0/s1. The summed E-state index contributed by atoms with van der Waals surface area (Å²) in [5.74, 6) is -0.127. The van der Waals surface area contributed by atoms with Crippen LogP contribution in [0.5, 0.6) is 0 Å². The minimum atomic E-state index is -0.536. The van der Waals surface area contributed by atoms with Gasteiger partial charge in [-0.25, -0.2) is 9.13 Å². The average molecular weight is 349 g/mol. The SMILES string of the molecule is C[n+]1ccn(Cc2ccc(CNC(=O)[C@@H](N)Cc3ccccc3)cc2)c1. The van der Waals surface area contributed by atoms with Crippen LogP contribution in [0.3, 0.4) is 0 Å². The maximum absolute atomic E-state index is 12.2. The van der Waals surface area contributed by atoms with E-state index in [4.69, 9.17) is 5.73 Å². The summed E-state index contributed by atoms with van der Waals surface area (Å²) >= 11 is 0. The number of carbonyl (C=O) groups is 1. The molecule has 26 heavy (non-hydrogen) atoms. The molecule has 0 radical (unpaired) electrons. The number of carbonyl (C=O) groups excluding carboxylic acids is 1. The van der Waals surface area contributed by atoms with E-state index in [9.17, 15) is 4.79 Å². The molecule has 0 spiro atoms. The van der Waals surface area contributed by atoms with Crippen molar-refractivity contribution in [1.82, 2.24) is 9.88 Å². The molecular weight excluding hydrogens is 324 g/mol. The van der Waals surface area contributed by atoms with Gasteiger partial charge in [0, 0.05) is 6.54 Å². The first-order valence-corrected chi connectivity index (χ1v) is 8.76. The lowest BCUT2D eigenvalue weighted by atomic mass is 10.1. The van der Waals surface area contributed by atoms with Crippen LogP contribution in [0.4, 0.5) is 0 Å². The predicted molar refractivity (Wildman–Crippen MR) is 101 cm³/mol. The van der Waals surface area contributed by atoms with Gasteiger partial charge in [-0.2, -0.15) is 0 Å². The van der Waals surface area contributed by atoms with Gasteiger partial charge < -0.3 is 11.1 Å². The minimum Gasteiger partial charge on any atom is -0.351 e. The molecular formula is C21H25N4O+. The Morgan fingerprint density at radius 2 is 1.77 bits per heavy atom. The summed E-state index contributed by atoms with van der Waals surface area (Å²) in [5.41, 5.74) is 9.36. The number of hydrogen-bond acceptors (Lipinski definition) is 2. The van der Waals surface area contributed by atoms with Gasteiger partial charge >= 0.3 is 0 Å². The Balaban J connectivity index is 1.48. The molecule has 1 atom stereocenters. The highest BCUT2D eigenvalue weighted by atomic mass is 16.2. The fourth-order valence-electron chi connectivity index (χ4n) is 2.85. The van der Waals surface area contributed by atoms with Gasteiger partial charge in [0.05, 0.1) is 13.1 Å². The molecule has 5 nitrogen and oxygen atoms in total. The second kappa shape index (κ2) is 8.45. The number of aryl methyl sites for hydroxylation is 1. The van der Waals surface area contributed by atoms with Crippen LogP contribution in [0.15, 0.2) is 73.3 Å². The van der Waals surface area contributed by atoms with Gasteiger partial charge in [0.15, 0.2) is 0 Å². The second-order valence-corrected chi connectivity index (χ2v) is 6.58. The lowest BCUT2D eigenvalue weighted by Crippen LogP contribution is -2.41. The molecule has 0 aliphatic heterocycles. The highest BCUT2D eigenvalue weighted by Gasteiger charge is 2.13. The van der Waals surface area contributed by atoms with Gasteiger partial charge in [0.2, 0.25) is 12.2 Å². The number of nitrogens with zero attached hydrogens (tertiary/aromatic N) is 2. The third kappa shape index (κ3) is 5.04. The number of nitrogens with two attached hydrogens (primary N) is 1. The van der Waals surface area contributed by atoms with Crippen LogP contribution in [0, 0.1) is 0 Å². The van der Waals surface area contributed by atoms with Crippen molar-refractivity contribution in [3.63, 3.8) is 0 Å². The van der Waals surface area contributed by atoms with Crippen LogP contribution < -0.4 is 15.6 Å². The molecule has 134 valence electrons. The molecule has 5 heteroatoms. The summed E-state index contributed by atoms with van der Waals surface area (Å²) in [7, 11) is 2.00. The fourth-order valence-corrected chi connectivity index (χ4v) is 2.85. The Morgan fingerprint density at radius 1 is 1.08 bits per heavy atom. The summed E-state index contributed by atoms with van der Waals surface area (Å²) in [6.45, 7) is 1.31. The van der Waals surface area contributed by atoms with Crippen LogP contribution in [0.2, 0.25) is 0 Å². The number of hydrogen-bond donors (Lipinski definition) is 2. The lowest BCUT2D eigenvalue weighted by molar-refractivity contribution is -0.671. The molecule has 3 rings (SSSR count). The van der Waals surface area contributed by atoms with E-state index in [1.165, 1.54) is 5.56 Å². The molecule has 1 aromatic heterocycles. The van der Waals surface area contributed by atoms with Crippen LogP contribution in [0.25, 0.3) is 0 Å². The van der Waals surface area contributed by atoms with E-state index in [1.54, 1.807) is 0 Å². The molecule has 1 amide bonds. The predicted octanol–water partition coefficient (Wildman–Crippen LogP) is 1.55. The third-order valence-corrected chi connectivity index (χ3v) is 4.31. The summed E-state index contributed by atoms with van der Waals surface area (Å²) in [5, 5.41) is 2.92. The summed E-state index contributed by atoms with van der Waals surface area (Å²) in [4.78, 5) is 12.2. The Hall–Kier alpha value is -2.92. The van der Waals surface area contributed by atoms with Crippen molar-refractivity contribution in [2.24, 2.45) is 12.8 Å². The lowest BCUT2D eigenvalue weighted by Gasteiger charge is -2.12. The first-order valence-electron chi connectivity index (χ1n) is 8.76. The number of imidazole rings is 1. The van der Waals surface area contributed by atoms with Crippen LogP contribution in [-0.2, 0) is 31.4 Å². The number of rotatable bonds is 7. The normalized spacial score (nSPS) is 11.9. The van der Waals surface area contributed by atoms with Gasteiger partial charge in [-0.15, -0.1) is 0 Å². The van der Waals surface area contributed by atoms with E-state index in [1.807, 2.05) is 72.8 Å². The fraction of sp³-hybridized carbons (Fsp3) is 0.238. The molecule has 0 saturated carbocycles. The van der Waals surface area contributed by atoms with E-state index >= 15 is 0 Å². The van der Waals surface area contributed by atoms with Crippen molar-refractivity contribution in [1.29, 1.82) is 0 Å². The van der Waals surface area contributed by atoms with Crippen molar-refractivity contribution < 1.29 is 9.36 Å². The first kappa shape index (κ1) is 17.9. The third-order valence-electron chi connectivity index (χ3n) is 4.31. The Kier molecular flexibility index (Phi) is 5.81. The first-order chi connectivity index (χ1) is 12.6. The van der Waals surface area contributed by atoms with E-state index in [2.05, 4.69) is 22.0 Å². The zero-order valence-electron chi connectivity index (χ0n) is 15.0. The maximum atomic E-state index is 12.2. The molecule has 1 heterocycles. The van der Waals surface area contributed by atoms with Crippen molar-refractivity contribution >= 4 is 5.91 Å². The summed E-state index contributed by atoms with van der Waals surface area (Å²) < 4.78 is 4.14. The quantitative estimate of drug-likeness (QED) is 0.636. The van der Waals surface area contributed by atoms with Gasteiger partial charge in [-0.05, 0) is 23.1 Å². The number of nitrogens with one attached hydrogen (secondary N) is 1. The van der Waals surface area contributed by atoms with E-state index < -0.39 is 6.04 Å². The molecule has 0 fully saturated rings. The van der Waals surface area contributed by atoms with Crippen LogP contribution in [-0.4, -0.2) is 16.5 Å². The molecule has 0 saturated heterocycles. The molecule has 0 aliphatic carbocycles. The smallest absolute Gasteiger partial charge is 0.243 e. The molecule has 3 aromatic rings. The van der Waals surface area contributed by atoms with Gasteiger partial charge in [0.25, 0.3) is 0 Å². The van der Waals surface area contributed by atoms with Gasteiger partial charge in [-0.3, -0.25) is 4.79 Å². The van der Waals surface area contributed by atoms with Crippen molar-refractivity contribution in [3.05, 3.63) is 90.0 Å². The van der Waals surface area contributed by atoms with Gasteiger partial charge in [-0.1, -0.05) is 54.6 Å².